The van der Waals surface area contributed by atoms with Crippen LogP contribution in [-0.2, 0) is 6.42 Å². The number of para-hydroxylation sites is 1. The first-order valence-electron chi connectivity index (χ1n) is 9.60. The third-order valence-electron chi connectivity index (χ3n) is 5.11. The highest BCUT2D eigenvalue weighted by atomic mass is 15.4. The maximum absolute atomic E-state index is 4.75. The van der Waals surface area contributed by atoms with Gasteiger partial charge in [0.25, 0.3) is 5.78 Å². The van der Waals surface area contributed by atoms with E-state index >= 15 is 0 Å². The van der Waals surface area contributed by atoms with E-state index in [2.05, 4.69) is 49.4 Å². The Balaban J connectivity index is 1.40. The second kappa shape index (κ2) is 6.66. The van der Waals surface area contributed by atoms with Crippen LogP contribution in [-0.4, -0.2) is 34.8 Å². The topological polar surface area (TPSA) is 81.8 Å². The van der Waals surface area contributed by atoms with Gasteiger partial charge in [-0.2, -0.15) is 9.61 Å². The largest absolute Gasteiger partial charge is 0.271 e. The summed E-state index contributed by atoms with van der Waals surface area (Å²) in [6.07, 6.45) is 5.92. The summed E-state index contributed by atoms with van der Waals surface area (Å²) in [5, 5.41) is 15.4. The minimum Gasteiger partial charge on any atom is -0.256 e. The average Bonchev–Trinajstić information content (AvgIpc) is 3.20. The van der Waals surface area contributed by atoms with Crippen LogP contribution in [0.1, 0.15) is 11.4 Å². The van der Waals surface area contributed by atoms with Crippen LogP contribution in [0.3, 0.4) is 0 Å². The van der Waals surface area contributed by atoms with Crippen LogP contribution in [0.2, 0.25) is 0 Å². The number of fused-ring (bicyclic) bond motifs is 3. The number of rotatable bonds is 3. The molecule has 0 N–H and O–H groups in total. The van der Waals surface area contributed by atoms with E-state index in [0.29, 0.717) is 12.2 Å². The lowest BCUT2D eigenvalue weighted by molar-refractivity contribution is 0.830. The lowest BCUT2D eigenvalue weighted by Crippen LogP contribution is -2.03. The number of pyridine rings is 2. The lowest BCUT2D eigenvalue weighted by atomic mass is 10.1. The quantitative estimate of drug-likeness (QED) is 0.457. The molecule has 4 aromatic heterocycles. The van der Waals surface area contributed by atoms with E-state index in [1.54, 1.807) is 16.9 Å². The van der Waals surface area contributed by atoms with Crippen molar-refractivity contribution in [3.8, 4) is 11.3 Å². The van der Waals surface area contributed by atoms with E-state index in [0.717, 1.165) is 44.5 Å². The second-order valence-corrected chi connectivity index (χ2v) is 7.10. The Hall–Kier alpha value is -4.26. The monoisotopic (exact) mass is 389 g/mol. The summed E-state index contributed by atoms with van der Waals surface area (Å²) < 4.78 is 1.71. The van der Waals surface area contributed by atoms with Gasteiger partial charge in [0, 0.05) is 35.2 Å². The molecule has 6 rings (SSSR count). The smallest absolute Gasteiger partial charge is 0.256 e. The van der Waals surface area contributed by atoms with E-state index in [4.69, 9.17) is 5.10 Å². The van der Waals surface area contributed by atoms with E-state index in [9.17, 15) is 0 Å². The van der Waals surface area contributed by atoms with Gasteiger partial charge in [0.15, 0.2) is 5.82 Å². The van der Waals surface area contributed by atoms with E-state index in [-0.39, 0.29) is 0 Å². The summed E-state index contributed by atoms with van der Waals surface area (Å²) in [6.45, 7) is 0. The van der Waals surface area contributed by atoms with Crippen molar-refractivity contribution in [2.45, 2.75) is 6.42 Å². The molecule has 0 radical (unpaired) electrons. The summed E-state index contributed by atoms with van der Waals surface area (Å²) in [5.74, 6) is 1.21. The van der Waals surface area contributed by atoms with Crippen molar-refractivity contribution in [2.24, 2.45) is 0 Å². The SMILES string of the molecule is c1cnc2ccc(Cc3nnc4ncc(-c5cnc6ccccc6c5)nn34)cc2c1. The summed E-state index contributed by atoms with van der Waals surface area (Å²) in [7, 11) is 0. The van der Waals surface area contributed by atoms with Crippen molar-refractivity contribution < 1.29 is 0 Å². The highest BCUT2D eigenvalue weighted by Crippen LogP contribution is 2.21. The van der Waals surface area contributed by atoms with Gasteiger partial charge in [-0.05, 0) is 35.9 Å². The van der Waals surface area contributed by atoms with Crippen LogP contribution in [0.4, 0.5) is 0 Å². The zero-order valence-corrected chi connectivity index (χ0v) is 15.8. The van der Waals surface area contributed by atoms with Crippen molar-refractivity contribution in [1.29, 1.82) is 0 Å². The number of benzene rings is 2. The molecule has 0 aliphatic carbocycles. The zero-order valence-electron chi connectivity index (χ0n) is 15.8. The van der Waals surface area contributed by atoms with Crippen LogP contribution < -0.4 is 0 Å². The zero-order chi connectivity index (χ0) is 19.9. The fourth-order valence-electron chi connectivity index (χ4n) is 3.61. The molecule has 0 unspecified atom stereocenters. The molecular formula is C23H15N7. The summed E-state index contributed by atoms with van der Waals surface area (Å²) in [5.41, 5.74) is 4.66. The Bertz CT molecular complexity index is 1540. The van der Waals surface area contributed by atoms with Gasteiger partial charge < -0.3 is 0 Å². The minimum absolute atomic E-state index is 0.477. The van der Waals surface area contributed by atoms with Crippen molar-refractivity contribution in [3.63, 3.8) is 0 Å². The molecule has 7 heteroatoms. The maximum Gasteiger partial charge on any atom is 0.271 e. The first kappa shape index (κ1) is 16.7. The highest BCUT2D eigenvalue weighted by molar-refractivity contribution is 5.82. The van der Waals surface area contributed by atoms with Gasteiger partial charge in [-0.1, -0.05) is 30.3 Å². The Morgan fingerprint density at radius 3 is 2.60 bits per heavy atom. The predicted octanol–water partition coefficient (Wildman–Crippen LogP) is 3.87. The maximum atomic E-state index is 4.75. The Morgan fingerprint density at radius 1 is 0.733 bits per heavy atom. The molecule has 0 spiro atoms. The van der Waals surface area contributed by atoms with Crippen molar-refractivity contribution in [2.75, 3.05) is 0 Å². The molecule has 0 amide bonds. The van der Waals surface area contributed by atoms with E-state index in [1.165, 1.54) is 0 Å². The average molecular weight is 389 g/mol. The molecule has 142 valence electrons. The van der Waals surface area contributed by atoms with Crippen LogP contribution in [0, 0.1) is 0 Å². The normalized spacial score (nSPS) is 11.5. The van der Waals surface area contributed by atoms with E-state index < -0.39 is 0 Å². The van der Waals surface area contributed by atoms with Crippen molar-refractivity contribution in [3.05, 3.63) is 90.6 Å². The van der Waals surface area contributed by atoms with Gasteiger partial charge in [0.2, 0.25) is 0 Å². The van der Waals surface area contributed by atoms with E-state index in [1.807, 2.05) is 42.6 Å². The van der Waals surface area contributed by atoms with Gasteiger partial charge in [-0.3, -0.25) is 9.97 Å². The second-order valence-electron chi connectivity index (χ2n) is 7.10. The van der Waals surface area contributed by atoms with Crippen molar-refractivity contribution >= 4 is 27.6 Å². The van der Waals surface area contributed by atoms with Crippen LogP contribution in [0.5, 0.6) is 0 Å². The molecule has 0 fully saturated rings. The Labute approximate surface area is 171 Å². The fourth-order valence-corrected chi connectivity index (χ4v) is 3.61. The third-order valence-corrected chi connectivity index (χ3v) is 5.11. The third kappa shape index (κ3) is 2.84. The van der Waals surface area contributed by atoms with Gasteiger partial charge >= 0.3 is 0 Å². The Morgan fingerprint density at radius 2 is 1.60 bits per heavy atom. The molecule has 7 nitrogen and oxygen atoms in total. The molecule has 0 atom stereocenters. The predicted molar refractivity (Wildman–Crippen MR) is 114 cm³/mol. The number of hydrogen-bond acceptors (Lipinski definition) is 6. The van der Waals surface area contributed by atoms with Gasteiger partial charge in [-0.25, -0.2) is 4.98 Å². The molecular weight excluding hydrogens is 374 g/mol. The summed E-state index contributed by atoms with van der Waals surface area (Å²) >= 11 is 0. The number of nitrogens with zero attached hydrogens (tertiary/aromatic N) is 7. The lowest BCUT2D eigenvalue weighted by Gasteiger charge is -2.05. The standard InChI is InChI=1S/C23H15N7/c1-2-6-19-17(4-1)12-18(13-25-19)21-14-26-23-28-27-22(30(23)29-21)11-15-7-8-20-16(10-15)5-3-9-24-20/h1-10,12-14H,11H2. The van der Waals surface area contributed by atoms with Gasteiger partial charge in [0.05, 0.1) is 17.2 Å². The summed E-state index contributed by atoms with van der Waals surface area (Å²) in [4.78, 5) is 13.3. The molecule has 0 saturated carbocycles. The first-order valence-corrected chi connectivity index (χ1v) is 9.60. The number of hydrogen-bond donors (Lipinski definition) is 0. The van der Waals surface area contributed by atoms with Crippen LogP contribution in [0.25, 0.3) is 38.8 Å². The van der Waals surface area contributed by atoms with Gasteiger partial charge in [0.1, 0.15) is 5.69 Å². The minimum atomic E-state index is 0.477. The van der Waals surface area contributed by atoms with Crippen LogP contribution >= 0.6 is 0 Å². The van der Waals surface area contributed by atoms with Crippen molar-refractivity contribution in [1.82, 2.24) is 34.8 Å². The molecule has 30 heavy (non-hydrogen) atoms. The molecule has 0 aliphatic rings. The summed E-state index contributed by atoms with van der Waals surface area (Å²) in [6, 6.07) is 20.3. The molecule has 4 heterocycles. The van der Waals surface area contributed by atoms with Crippen LogP contribution in [0.15, 0.2) is 79.3 Å². The highest BCUT2D eigenvalue weighted by Gasteiger charge is 2.12. The molecule has 0 saturated heterocycles. The molecule has 0 bridgehead atoms. The fraction of sp³-hybridized carbons (Fsp3) is 0.0435. The Kier molecular flexibility index (Phi) is 3.70. The van der Waals surface area contributed by atoms with Gasteiger partial charge in [-0.15, -0.1) is 10.2 Å². The molecule has 2 aromatic carbocycles. The molecule has 0 aliphatic heterocycles. The molecule has 6 aromatic rings. The number of aromatic nitrogens is 7. The first-order chi connectivity index (χ1) is 14.8.